The van der Waals surface area contributed by atoms with Gasteiger partial charge in [0.1, 0.15) is 17.3 Å². The number of nitrogens with zero attached hydrogens (tertiary/aromatic N) is 3. The lowest BCUT2D eigenvalue weighted by Gasteiger charge is -2.28. The lowest BCUT2D eigenvalue weighted by Crippen LogP contribution is -2.37. The highest BCUT2D eigenvalue weighted by atomic mass is 35.5. The molecule has 0 bridgehead atoms. The van der Waals surface area contributed by atoms with Crippen LogP contribution in [0, 0.1) is 0 Å². The van der Waals surface area contributed by atoms with Gasteiger partial charge >= 0.3 is 0 Å². The summed E-state index contributed by atoms with van der Waals surface area (Å²) in [6.45, 7) is 8.11. The van der Waals surface area contributed by atoms with Crippen LogP contribution in [-0.4, -0.2) is 34.3 Å². The minimum Gasteiger partial charge on any atom is -0.389 e. The predicted octanol–water partition coefficient (Wildman–Crippen LogP) is 2.46. The molecule has 0 unspecified atom stereocenters. The predicted molar refractivity (Wildman–Crippen MR) is 70.7 cm³/mol. The molecule has 0 fully saturated rings. The quantitative estimate of drug-likeness (QED) is 0.842. The topological polar surface area (TPSA) is 49.2 Å². The van der Waals surface area contributed by atoms with Crippen molar-refractivity contribution < 1.29 is 5.11 Å². The number of halogens is 1. The SMILES string of the molecule is CC(C)c1c(Cl)ncnc1N(C)CC(C)(C)O. The Balaban J connectivity index is 3.09. The molecule has 5 heteroatoms. The molecular weight excluding hydrogens is 238 g/mol. The third kappa shape index (κ3) is 3.82. The zero-order valence-electron chi connectivity index (χ0n) is 11.0. The third-order valence-corrected chi connectivity index (χ3v) is 2.68. The van der Waals surface area contributed by atoms with Crippen molar-refractivity contribution in [2.24, 2.45) is 0 Å². The molecule has 96 valence electrons. The number of hydrogen-bond acceptors (Lipinski definition) is 4. The van der Waals surface area contributed by atoms with E-state index in [4.69, 9.17) is 11.6 Å². The maximum absolute atomic E-state index is 9.83. The van der Waals surface area contributed by atoms with E-state index in [1.54, 1.807) is 13.8 Å². The summed E-state index contributed by atoms with van der Waals surface area (Å²) in [6.07, 6.45) is 1.45. The summed E-state index contributed by atoms with van der Waals surface area (Å²) in [4.78, 5) is 10.2. The molecule has 4 nitrogen and oxygen atoms in total. The van der Waals surface area contributed by atoms with Crippen molar-refractivity contribution in [3.63, 3.8) is 0 Å². The van der Waals surface area contributed by atoms with Crippen LogP contribution in [0.4, 0.5) is 5.82 Å². The van der Waals surface area contributed by atoms with Crippen molar-refractivity contribution in [1.29, 1.82) is 0 Å². The first kappa shape index (κ1) is 14.2. The molecule has 0 aliphatic heterocycles. The second-order valence-electron chi connectivity index (χ2n) is 5.22. The van der Waals surface area contributed by atoms with Gasteiger partial charge in [-0.25, -0.2) is 9.97 Å². The summed E-state index contributed by atoms with van der Waals surface area (Å²) >= 11 is 6.10. The first-order valence-corrected chi connectivity index (χ1v) is 6.04. The van der Waals surface area contributed by atoms with Crippen molar-refractivity contribution >= 4 is 17.4 Å². The van der Waals surface area contributed by atoms with Crippen LogP contribution in [0.25, 0.3) is 0 Å². The van der Waals surface area contributed by atoms with Gasteiger partial charge in [0.15, 0.2) is 0 Å². The number of aromatic nitrogens is 2. The van der Waals surface area contributed by atoms with E-state index in [2.05, 4.69) is 9.97 Å². The molecule has 0 atom stereocenters. The van der Waals surface area contributed by atoms with Crippen molar-refractivity contribution in [1.82, 2.24) is 9.97 Å². The maximum Gasteiger partial charge on any atom is 0.138 e. The minimum atomic E-state index is -0.777. The monoisotopic (exact) mass is 257 g/mol. The molecular formula is C12H20ClN3O. The van der Waals surface area contributed by atoms with E-state index >= 15 is 0 Å². The molecule has 0 spiro atoms. The zero-order chi connectivity index (χ0) is 13.2. The van der Waals surface area contributed by atoms with Gasteiger partial charge in [0, 0.05) is 19.2 Å². The standard InChI is InChI=1S/C12H20ClN3O/c1-8(2)9-10(13)14-7-15-11(9)16(5)6-12(3,4)17/h7-8,17H,6H2,1-5H3. The van der Waals surface area contributed by atoms with Gasteiger partial charge in [-0.1, -0.05) is 25.4 Å². The Hall–Kier alpha value is -0.870. The molecule has 1 N–H and O–H groups in total. The Bertz CT molecular complexity index is 388. The van der Waals surface area contributed by atoms with E-state index in [0.717, 1.165) is 11.4 Å². The van der Waals surface area contributed by atoms with Crippen LogP contribution in [0.15, 0.2) is 6.33 Å². The van der Waals surface area contributed by atoms with Crippen LogP contribution in [0.5, 0.6) is 0 Å². The second kappa shape index (κ2) is 5.19. The summed E-state index contributed by atoms with van der Waals surface area (Å²) < 4.78 is 0. The minimum absolute atomic E-state index is 0.239. The molecule has 0 saturated carbocycles. The fourth-order valence-corrected chi connectivity index (χ4v) is 2.17. The van der Waals surface area contributed by atoms with Gasteiger partial charge in [-0.3, -0.25) is 0 Å². The summed E-state index contributed by atoms with van der Waals surface area (Å²) in [5, 5.41) is 10.3. The highest BCUT2D eigenvalue weighted by Gasteiger charge is 2.21. The van der Waals surface area contributed by atoms with Gasteiger partial charge < -0.3 is 10.0 Å². The highest BCUT2D eigenvalue weighted by molar-refractivity contribution is 6.30. The molecule has 1 aromatic heterocycles. The Kier molecular flexibility index (Phi) is 4.33. The molecule has 0 aliphatic rings. The molecule has 1 aromatic rings. The van der Waals surface area contributed by atoms with Crippen LogP contribution in [0.3, 0.4) is 0 Å². The van der Waals surface area contributed by atoms with Crippen molar-refractivity contribution in [3.05, 3.63) is 17.0 Å². The van der Waals surface area contributed by atoms with Gasteiger partial charge in [-0.2, -0.15) is 0 Å². The average molecular weight is 258 g/mol. The number of hydrogen-bond donors (Lipinski definition) is 1. The van der Waals surface area contributed by atoms with Crippen LogP contribution >= 0.6 is 11.6 Å². The second-order valence-corrected chi connectivity index (χ2v) is 5.58. The lowest BCUT2D eigenvalue weighted by molar-refractivity contribution is 0.0884. The van der Waals surface area contributed by atoms with Gasteiger partial charge in [-0.15, -0.1) is 0 Å². The fraction of sp³-hybridized carbons (Fsp3) is 0.667. The molecule has 1 rings (SSSR count). The molecule has 17 heavy (non-hydrogen) atoms. The summed E-state index contributed by atoms with van der Waals surface area (Å²) in [7, 11) is 1.89. The van der Waals surface area contributed by atoms with Crippen molar-refractivity contribution in [3.8, 4) is 0 Å². The molecule has 0 radical (unpaired) electrons. The van der Waals surface area contributed by atoms with Crippen LogP contribution in [0.2, 0.25) is 5.15 Å². The Morgan fingerprint density at radius 1 is 1.41 bits per heavy atom. The van der Waals surface area contributed by atoms with Gasteiger partial charge in [0.25, 0.3) is 0 Å². The van der Waals surface area contributed by atoms with E-state index in [1.807, 2.05) is 25.8 Å². The van der Waals surface area contributed by atoms with Crippen LogP contribution < -0.4 is 4.90 Å². The van der Waals surface area contributed by atoms with Crippen molar-refractivity contribution in [2.45, 2.75) is 39.2 Å². The Morgan fingerprint density at radius 3 is 2.47 bits per heavy atom. The van der Waals surface area contributed by atoms with Crippen molar-refractivity contribution in [2.75, 3.05) is 18.5 Å². The third-order valence-electron chi connectivity index (χ3n) is 2.38. The van der Waals surface area contributed by atoms with Crippen LogP contribution in [0.1, 0.15) is 39.2 Å². The number of rotatable bonds is 4. The van der Waals surface area contributed by atoms with E-state index in [0.29, 0.717) is 11.7 Å². The summed E-state index contributed by atoms with van der Waals surface area (Å²) in [5.41, 5.74) is 0.140. The summed E-state index contributed by atoms with van der Waals surface area (Å²) in [5.74, 6) is 1.02. The van der Waals surface area contributed by atoms with Crippen LogP contribution in [-0.2, 0) is 0 Å². The Morgan fingerprint density at radius 2 is 2.00 bits per heavy atom. The molecule has 0 aliphatic carbocycles. The first-order valence-electron chi connectivity index (χ1n) is 5.66. The largest absolute Gasteiger partial charge is 0.389 e. The number of anilines is 1. The number of likely N-dealkylation sites (N-methyl/N-ethyl adjacent to an activating group) is 1. The molecule has 0 saturated heterocycles. The smallest absolute Gasteiger partial charge is 0.138 e. The highest BCUT2D eigenvalue weighted by Crippen LogP contribution is 2.30. The van der Waals surface area contributed by atoms with Gasteiger partial charge in [0.05, 0.1) is 5.60 Å². The van der Waals surface area contributed by atoms with E-state index in [9.17, 15) is 5.11 Å². The van der Waals surface area contributed by atoms with E-state index < -0.39 is 5.60 Å². The van der Waals surface area contributed by atoms with E-state index in [-0.39, 0.29) is 5.92 Å². The molecule has 0 aromatic carbocycles. The zero-order valence-corrected chi connectivity index (χ0v) is 11.8. The molecule has 1 heterocycles. The number of aliphatic hydroxyl groups is 1. The molecule has 0 amide bonds. The fourth-order valence-electron chi connectivity index (χ4n) is 1.82. The maximum atomic E-state index is 9.83. The summed E-state index contributed by atoms with van der Waals surface area (Å²) in [6, 6.07) is 0. The normalized spacial score (nSPS) is 12.0. The average Bonchev–Trinajstić information content (AvgIpc) is 2.13. The first-order chi connectivity index (χ1) is 7.72. The Labute approximate surface area is 108 Å². The van der Waals surface area contributed by atoms with Gasteiger partial charge in [-0.05, 0) is 19.8 Å². The van der Waals surface area contributed by atoms with Gasteiger partial charge in [0.2, 0.25) is 0 Å². The lowest BCUT2D eigenvalue weighted by atomic mass is 10.0. The van der Waals surface area contributed by atoms with E-state index in [1.165, 1.54) is 6.33 Å².